The minimum atomic E-state index is -0.397. The van der Waals surface area contributed by atoms with Crippen molar-refractivity contribution in [2.45, 2.75) is 13.0 Å². The highest BCUT2D eigenvalue weighted by molar-refractivity contribution is 5.29. The van der Waals surface area contributed by atoms with E-state index in [0.717, 1.165) is 5.57 Å². The molecule has 1 atom stereocenters. The first-order valence-corrected chi connectivity index (χ1v) is 2.95. The fourth-order valence-corrected chi connectivity index (χ4v) is 0.667. The maximum atomic E-state index is 8.99. The molecule has 1 rings (SSSR count). The summed E-state index contributed by atoms with van der Waals surface area (Å²) in [6, 6.07) is 0. The number of allylic oxidation sites excluding steroid dienone is 4. The smallest absolute Gasteiger partial charge is 0.144 e. The minimum Gasteiger partial charge on any atom is -0.385 e. The lowest BCUT2D eigenvalue weighted by molar-refractivity contribution is 0.234. The van der Waals surface area contributed by atoms with Crippen LogP contribution in [0.5, 0.6) is 0 Å². The van der Waals surface area contributed by atoms with Gasteiger partial charge in [-0.3, -0.25) is 0 Å². The second-order valence-corrected chi connectivity index (χ2v) is 1.99. The van der Waals surface area contributed by atoms with Crippen LogP contribution >= 0.6 is 0 Å². The van der Waals surface area contributed by atoms with Crippen LogP contribution in [0, 0.1) is 6.08 Å². The maximum Gasteiger partial charge on any atom is 0.144 e. The van der Waals surface area contributed by atoms with Crippen molar-refractivity contribution in [1.82, 2.24) is 0 Å². The second kappa shape index (κ2) is 2.58. The monoisotopic (exact) mass is 121 g/mol. The summed E-state index contributed by atoms with van der Waals surface area (Å²) in [6.45, 7) is 1.73. The van der Waals surface area contributed by atoms with Crippen molar-refractivity contribution < 1.29 is 5.11 Å². The summed E-state index contributed by atoms with van der Waals surface area (Å²) in [5, 5.41) is 8.99. The van der Waals surface area contributed by atoms with Crippen LogP contribution in [-0.2, 0) is 0 Å². The van der Waals surface area contributed by atoms with Gasteiger partial charge in [0.25, 0.3) is 0 Å². The van der Waals surface area contributed by atoms with Gasteiger partial charge in [0.05, 0.1) is 6.08 Å². The van der Waals surface area contributed by atoms with E-state index in [0.29, 0.717) is 0 Å². The Bertz CT molecular complexity index is 173. The Morgan fingerprint density at radius 2 is 2.33 bits per heavy atom. The van der Waals surface area contributed by atoms with Gasteiger partial charge < -0.3 is 5.11 Å². The number of hydrogen-bond acceptors (Lipinski definition) is 1. The molecule has 1 aliphatic carbocycles. The molecule has 0 saturated heterocycles. The zero-order valence-corrected chi connectivity index (χ0v) is 5.33. The third kappa shape index (κ3) is 1.49. The molecule has 1 aliphatic rings. The van der Waals surface area contributed by atoms with Gasteiger partial charge in [-0.1, -0.05) is 0 Å². The first-order valence-electron chi connectivity index (χ1n) is 2.95. The van der Waals surface area contributed by atoms with Crippen LogP contribution in [0.1, 0.15) is 6.92 Å². The summed E-state index contributed by atoms with van der Waals surface area (Å²) in [4.78, 5) is 0. The van der Waals surface area contributed by atoms with Crippen molar-refractivity contribution in [2.24, 2.45) is 0 Å². The SMILES string of the molecule is C[C@H](O)C1=CC=CC=[C+]1. The molecule has 9 heavy (non-hydrogen) atoms. The Kier molecular flexibility index (Phi) is 1.78. The van der Waals surface area contributed by atoms with Gasteiger partial charge in [0, 0.05) is 18.2 Å². The van der Waals surface area contributed by atoms with Gasteiger partial charge in [-0.15, -0.1) is 0 Å². The van der Waals surface area contributed by atoms with Crippen molar-refractivity contribution in [1.29, 1.82) is 0 Å². The Morgan fingerprint density at radius 3 is 2.67 bits per heavy atom. The van der Waals surface area contributed by atoms with Gasteiger partial charge in [-0.25, -0.2) is 0 Å². The lowest BCUT2D eigenvalue weighted by Crippen LogP contribution is -2.02. The summed E-state index contributed by atoms with van der Waals surface area (Å²) in [7, 11) is 0. The third-order valence-electron chi connectivity index (χ3n) is 1.18. The van der Waals surface area contributed by atoms with E-state index in [9.17, 15) is 0 Å². The predicted octanol–water partition coefficient (Wildman–Crippen LogP) is 1.22. The van der Waals surface area contributed by atoms with E-state index in [1.54, 1.807) is 13.0 Å². The van der Waals surface area contributed by atoms with Crippen molar-refractivity contribution >= 4 is 0 Å². The summed E-state index contributed by atoms with van der Waals surface area (Å²) in [5.74, 6) is 0. The Balaban J connectivity index is 2.72. The average Bonchev–Trinajstić information content (AvgIpc) is 1.90. The van der Waals surface area contributed by atoms with E-state index in [2.05, 4.69) is 6.08 Å². The first kappa shape index (κ1) is 6.21. The van der Waals surface area contributed by atoms with Gasteiger partial charge in [-0.2, -0.15) is 0 Å². The van der Waals surface area contributed by atoms with E-state index in [4.69, 9.17) is 5.11 Å². The van der Waals surface area contributed by atoms with Crippen LogP contribution in [-0.4, -0.2) is 11.2 Å². The molecule has 0 fully saturated rings. The summed E-state index contributed by atoms with van der Waals surface area (Å²) < 4.78 is 0. The summed E-state index contributed by atoms with van der Waals surface area (Å²) in [6.07, 6.45) is 9.93. The Morgan fingerprint density at radius 1 is 1.56 bits per heavy atom. The highest BCUT2D eigenvalue weighted by Crippen LogP contribution is 2.06. The molecule has 0 unspecified atom stereocenters. The van der Waals surface area contributed by atoms with Crippen LogP contribution in [0.3, 0.4) is 0 Å². The zero-order valence-electron chi connectivity index (χ0n) is 5.33. The fraction of sp³-hybridized carbons (Fsp3) is 0.250. The van der Waals surface area contributed by atoms with Gasteiger partial charge in [0.1, 0.15) is 17.8 Å². The highest BCUT2D eigenvalue weighted by Gasteiger charge is 2.08. The fourth-order valence-electron chi connectivity index (χ4n) is 0.667. The van der Waals surface area contributed by atoms with E-state index in [1.807, 2.05) is 18.2 Å². The van der Waals surface area contributed by atoms with E-state index >= 15 is 0 Å². The molecule has 46 valence electrons. The lowest BCUT2D eigenvalue weighted by Gasteiger charge is -1.96. The molecule has 0 aromatic heterocycles. The molecule has 0 radical (unpaired) electrons. The third-order valence-corrected chi connectivity index (χ3v) is 1.18. The molecule has 1 N–H and O–H groups in total. The molecular weight excluding hydrogens is 112 g/mol. The van der Waals surface area contributed by atoms with Gasteiger partial charge in [0.2, 0.25) is 0 Å². The molecule has 0 aromatic carbocycles. The molecule has 0 aliphatic heterocycles. The van der Waals surface area contributed by atoms with Crippen LogP contribution in [0.25, 0.3) is 0 Å². The molecule has 1 heteroatoms. The number of aliphatic hydroxyl groups excluding tert-OH is 1. The summed E-state index contributed by atoms with van der Waals surface area (Å²) >= 11 is 0. The van der Waals surface area contributed by atoms with Crippen molar-refractivity contribution in [3.8, 4) is 0 Å². The number of rotatable bonds is 1. The van der Waals surface area contributed by atoms with Gasteiger partial charge >= 0.3 is 0 Å². The molecular formula is C8H9O+. The van der Waals surface area contributed by atoms with Crippen LogP contribution < -0.4 is 0 Å². The Hall–Kier alpha value is -0.910. The van der Waals surface area contributed by atoms with Crippen LogP contribution in [0.4, 0.5) is 0 Å². The second-order valence-electron chi connectivity index (χ2n) is 1.99. The quantitative estimate of drug-likeness (QED) is 0.517. The molecule has 0 aromatic rings. The van der Waals surface area contributed by atoms with E-state index < -0.39 is 6.10 Å². The molecule has 0 amide bonds. The van der Waals surface area contributed by atoms with Crippen molar-refractivity contribution in [2.75, 3.05) is 0 Å². The van der Waals surface area contributed by atoms with Gasteiger partial charge in [-0.05, 0) is 6.92 Å². The largest absolute Gasteiger partial charge is 0.385 e. The molecule has 1 nitrogen and oxygen atoms in total. The number of aliphatic hydroxyl groups is 1. The zero-order chi connectivity index (χ0) is 6.69. The first-order chi connectivity index (χ1) is 4.30. The van der Waals surface area contributed by atoms with Crippen molar-refractivity contribution in [3.63, 3.8) is 0 Å². The number of hydrogen-bond donors (Lipinski definition) is 1. The van der Waals surface area contributed by atoms with E-state index in [-0.39, 0.29) is 0 Å². The molecule has 0 heterocycles. The van der Waals surface area contributed by atoms with Crippen LogP contribution in [0.15, 0.2) is 29.9 Å². The van der Waals surface area contributed by atoms with Crippen LogP contribution in [0.2, 0.25) is 0 Å². The predicted molar refractivity (Wildman–Crippen MR) is 36.7 cm³/mol. The minimum absolute atomic E-state index is 0.397. The maximum absolute atomic E-state index is 8.99. The lowest BCUT2D eigenvalue weighted by atomic mass is 10.1. The van der Waals surface area contributed by atoms with Gasteiger partial charge in [0.15, 0.2) is 0 Å². The highest BCUT2D eigenvalue weighted by atomic mass is 16.3. The Labute approximate surface area is 55.0 Å². The van der Waals surface area contributed by atoms with Crippen molar-refractivity contribution in [3.05, 3.63) is 36.0 Å². The molecule has 0 spiro atoms. The molecule has 0 bridgehead atoms. The van der Waals surface area contributed by atoms with E-state index in [1.165, 1.54) is 0 Å². The standard InChI is InChI=1S/C8H9O/c1-7(9)8-5-3-2-4-6-8/h2-5,7,9H,1H3/q+1/t7-/m0/s1. The molecule has 0 saturated carbocycles. The normalized spacial score (nSPS) is 18.7. The summed E-state index contributed by atoms with van der Waals surface area (Å²) in [5.41, 5.74) is 0.845. The average molecular weight is 121 g/mol. The topological polar surface area (TPSA) is 20.2 Å².